The normalized spacial score (nSPS) is 11.1. The molecule has 0 atom stereocenters. The van der Waals surface area contributed by atoms with Crippen LogP contribution in [-0.4, -0.2) is 35.5 Å². The molecule has 0 saturated heterocycles. The van der Waals surface area contributed by atoms with Gasteiger partial charge in [-0.2, -0.15) is 5.10 Å². The fraction of sp³-hybridized carbons (Fsp3) is 0.160. The number of rotatable bonds is 7. The van der Waals surface area contributed by atoms with Crippen LogP contribution >= 0.6 is 0 Å². The molecule has 7 nitrogen and oxygen atoms in total. The Morgan fingerprint density at radius 2 is 1.84 bits per heavy atom. The summed E-state index contributed by atoms with van der Waals surface area (Å²) in [5, 5.41) is 7.90. The highest BCUT2D eigenvalue weighted by Crippen LogP contribution is 2.31. The van der Waals surface area contributed by atoms with Crippen LogP contribution in [0.25, 0.3) is 5.52 Å². The van der Waals surface area contributed by atoms with Crippen molar-refractivity contribution in [3.63, 3.8) is 0 Å². The lowest BCUT2D eigenvalue weighted by Gasteiger charge is -2.13. The maximum atomic E-state index is 12.4. The molecule has 0 amide bonds. The van der Waals surface area contributed by atoms with Gasteiger partial charge in [-0.15, -0.1) is 0 Å². The van der Waals surface area contributed by atoms with E-state index in [9.17, 15) is 4.79 Å². The zero-order valence-electron chi connectivity index (χ0n) is 18.2. The summed E-state index contributed by atoms with van der Waals surface area (Å²) in [5.74, 6) is 1.15. The van der Waals surface area contributed by atoms with Gasteiger partial charge >= 0.3 is 5.97 Å². The minimum Gasteiger partial charge on any atom is -0.462 e. The average Bonchev–Trinajstić information content (AvgIpc) is 3.14. The Labute approximate surface area is 186 Å². The second-order valence-electron chi connectivity index (χ2n) is 7.11. The molecule has 7 heteroatoms. The van der Waals surface area contributed by atoms with E-state index in [1.807, 2.05) is 61.5 Å². The number of ether oxygens (including phenoxy) is 2. The third-order valence-corrected chi connectivity index (χ3v) is 4.95. The van der Waals surface area contributed by atoms with Crippen molar-refractivity contribution in [1.82, 2.24) is 9.61 Å². The molecule has 0 fully saturated rings. The van der Waals surface area contributed by atoms with E-state index in [0.717, 1.165) is 39.5 Å². The molecule has 162 valence electrons. The van der Waals surface area contributed by atoms with E-state index in [-0.39, 0.29) is 5.97 Å². The first kappa shape index (κ1) is 21.1. The summed E-state index contributed by atoms with van der Waals surface area (Å²) in [6, 6.07) is 17.3. The van der Waals surface area contributed by atoms with Crippen molar-refractivity contribution in [3.05, 3.63) is 83.7 Å². The van der Waals surface area contributed by atoms with Gasteiger partial charge in [-0.1, -0.05) is 18.2 Å². The van der Waals surface area contributed by atoms with Gasteiger partial charge in [-0.25, -0.2) is 9.31 Å². The number of para-hydroxylation sites is 1. The number of esters is 1. The number of aliphatic imine (C=N–C) groups is 1. The van der Waals surface area contributed by atoms with E-state index >= 15 is 0 Å². The van der Waals surface area contributed by atoms with Crippen molar-refractivity contribution in [2.75, 3.05) is 19.0 Å². The first-order valence-electron chi connectivity index (χ1n) is 10.3. The highest BCUT2D eigenvalue weighted by Gasteiger charge is 2.20. The Bertz CT molecular complexity index is 1260. The number of nitrogens with zero attached hydrogens (tertiary/aromatic N) is 3. The molecule has 0 saturated carbocycles. The number of carbonyl (C=O) groups excluding carboxylic acids is 1. The van der Waals surface area contributed by atoms with Gasteiger partial charge in [-0.05, 0) is 55.8 Å². The van der Waals surface area contributed by atoms with E-state index < -0.39 is 0 Å². The predicted octanol–water partition coefficient (Wildman–Crippen LogP) is 5.40. The summed E-state index contributed by atoms with van der Waals surface area (Å²) in [5.41, 5.74) is 4.53. The fourth-order valence-electron chi connectivity index (χ4n) is 3.46. The van der Waals surface area contributed by atoms with Crippen LogP contribution in [-0.2, 0) is 4.74 Å². The van der Waals surface area contributed by atoms with E-state index in [1.165, 1.54) is 0 Å². The summed E-state index contributed by atoms with van der Waals surface area (Å²) in [6.07, 6.45) is 5.14. The number of aryl methyl sites for hydroxylation is 1. The van der Waals surface area contributed by atoms with Gasteiger partial charge in [0, 0.05) is 30.7 Å². The van der Waals surface area contributed by atoms with Crippen molar-refractivity contribution < 1.29 is 14.3 Å². The summed E-state index contributed by atoms with van der Waals surface area (Å²) in [6.45, 7) is 3.99. The van der Waals surface area contributed by atoms with Gasteiger partial charge in [0.1, 0.15) is 11.5 Å². The largest absolute Gasteiger partial charge is 0.462 e. The van der Waals surface area contributed by atoms with Crippen LogP contribution < -0.4 is 10.1 Å². The minimum atomic E-state index is -0.366. The monoisotopic (exact) mass is 428 g/mol. The molecule has 0 aliphatic heterocycles. The smallest absolute Gasteiger partial charge is 0.340 e. The average molecular weight is 428 g/mol. The van der Waals surface area contributed by atoms with Crippen LogP contribution in [0.15, 0.2) is 72.0 Å². The molecule has 2 aromatic carbocycles. The molecule has 0 unspecified atom stereocenters. The fourth-order valence-corrected chi connectivity index (χ4v) is 3.46. The number of nitrogens with one attached hydrogen (secondary N) is 1. The third kappa shape index (κ3) is 4.32. The van der Waals surface area contributed by atoms with Crippen LogP contribution in [0.1, 0.15) is 28.4 Å². The molecule has 4 rings (SSSR count). The van der Waals surface area contributed by atoms with Crippen molar-refractivity contribution in [2.24, 2.45) is 4.99 Å². The summed E-state index contributed by atoms with van der Waals surface area (Å²) < 4.78 is 12.8. The lowest BCUT2D eigenvalue weighted by molar-refractivity contribution is 0.0525. The highest BCUT2D eigenvalue weighted by molar-refractivity contribution is 6.00. The maximum absolute atomic E-state index is 12.4. The number of aromatic nitrogens is 2. The van der Waals surface area contributed by atoms with Crippen molar-refractivity contribution in [1.29, 1.82) is 0 Å². The number of fused-ring (bicyclic) bond motifs is 1. The second-order valence-corrected chi connectivity index (χ2v) is 7.11. The molecule has 4 aromatic rings. The van der Waals surface area contributed by atoms with Crippen LogP contribution in [0.4, 0.5) is 11.4 Å². The molecule has 1 N–H and O–H groups in total. The molecule has 32 heavy (non-hydrogen) atoms. The van der Waals surface area contributed by atoms with Crippen molar-refractivity contribution >= 4 is 29.1 Å². The number of anilines is 2. The van der Waals surface area contributed by atoms with Crippen LogP contribution in [0.3, 0.4) is 0 Å². The summed E-state index contributed by atoms with van der Waals surface area (Å²) in [7, 11) is 1.71. The van der Waals surface area contributed by atoms with E-state index in [4.69, 9.17) is 9.47 Å². The van der Waals surface area contributed by atoms with Gasteiger partial charge in [0.05, 0.1) is 29.6 Å². The predicted molar refractivity (Wildman–Crippen MR) is 126 cm³/mol. The summed E-state index contributed by atoms with van der Waals surface area (Å²) >= 11 is 0. The first-order valence-corrected chi connectivity index (χ1v) is 10.3. The Morgan fingerprint density at radius 3 is 2.53 bits per heavy atom. The maximum Gasteiger partial charge on any atom is 0.340 e. The standard InChI is InChI=1S/C25H24N4O3/c1-4-31-25(30)22-16-29-24(17(22)2)23(18(14-26-3)15-27-29)28-19-10-12-21(13-11-19)32-20-8-6-5-7-9-20/h5-16,28H,4H2,1-3H3. The summed E-state index contributed by atoms with van der Waals surface area (Å²) in [4.78, 5) is 16.5. The molecular weight excluding hydrogens is 404 g/mol. The lowest BCUT2D eigenvalue weighted by atomic mass is 10.1. The van der Waals surface area contributed by atoms with Crippen LogP contribution in [0.2, 0.25) is 0 Å². The molecule has 0 spiro atoms. The molecule has 2 aromatic heterocycles. The van der Waals surface area contributed by atoms with Crippen molar-refractivity contribution in [2.45, 2.75) is 13.8 Å². The zero-order valence-corrected chi connectivity index (χ0v) is 18.2. The van der Waals surface area contributed by atoms with Gasteiger partial charge in [0.25, 0.3) is 0 Å². The Morgan fingerprint density at radius 1 is 1.12 bits per heavy atom. The van der Waals surface area contributed by atoms with Gasteiger partial charge in [0.2, 0.25) is 0 Å². The minimum absolute atomic E-state index is 0.314. The molecule has 0 aliphatic rings. The number of benzene rings is 2. The van der Waals surface area contributed by atoms with E-state index in [2.05, 4.69) is 15.4 Å². The quantitative estimate of drug-likeness (QED) is 0.315. The van der Waals surface area contributed by atoms with Gasteiger partial charge in [-0.3, -0.25) is 4.99 Å². The molecule has 0 aliphatic carbocycles. The van der Waals surface area contributed by atoms with E-state index in [0.29, 0.717) is 12.2 Å². The number of carbonyl (C=O) groups is 1. The van der Waals surface area contributed by atoms with Crippen LogP contribution in [0.5, 0.6) is 11.5 Å². The number of hydrogen-bond acceptors (Lipinski definition) is 6. The molecule has 0 bridgehead atoms. The van der Waals surface area contributed by atoms with Crippen molar-refractivity contribution in [3.8, 4) is 11.5 Å². The third-order valence-electron chi connectivity index (χ3n) is 4.95. The van der Waals surface area contributed by atoms with Gasteiger partial charge in [0.15, 0.2) is 0 Å². The second kappa shape index (κ2) is 9.34. The van der Waals surface area contributed by atoms with Gasteiger partial charge < -0.3 is 14.8 Å². The molecule has 2 heterocycles. The molecule has 0 radical (unpaired) electrons. The lowest BCUT2D eigenvalue weighted by Crippen LogP contribution is -2.04. The first-order chi connectivity index (χ1) is 15.6. The topological polar surface area (TPSA) is 77.2 Å². The Balaban J connectivity index is 1.69. The SMILES string of the molecule is CCOC(=O)c1cn2ncc(C=NC)c(Nc3ccc(Oc4ccccc4)cc3)c2c1C. The molecular formula is C25H24N4O3. The number of hydrogen-bond donors (Lipinski definition) is 1. The zero-order chi connectivity index (χ0) is 22.5. The Kier molecular flexibility index (Phi) is 6.17. The van der Waals surface area contributed by atoms with E-state index in [1.54, 1.807) is 37.1 Å². The van der Waals surface area contributed by atoms with Crippen LogP contribution in [0, 0.1) is 6.92 Å². The highest BCUT2D eigenvalue weighted by atomic mass is 16.5. The Hall–Kier alpha value is -4.13.